The van der Waals surface area contributed by atoms with E-state index in [4.69, 9.17) is 5.11 Å². The summed E-state index contributed by atoms with van der Waals surface area (Å²) in [5, 5.41) is 20.3. The molecule has 6 nitrogen and oxygen atoms in total. The molecule has 0 bridgehead atoms. The van der Waals surface area contributed by atoms with Gasteiger partial charge in [-0.15, -0.1) is 6.58 Å². The number of thioether (sulfide) groups is 1. The van der Waals surface area contributed by atoms with E-state index >= 15 is 0 Å². The van der Waals surface area contributed by atoms with E-state index in [0.717, 1.165) is 16.7 Å². The molecule has 2 aromatic carbocycles. The number of rotatable bonds is 7. The molecule has 34 heavy (non-hydrogen) atoms. The molecule has 0 spiro atoms. The molecule has 1 N–H and O–H groups in total. The molecule has 0 heterocycles. The SMILES string of the molecule is C=CC/C=C(C#Cc1ccc(C#Cc2ccc(SC(C)=O)cc2)c([N+](=O)[O-])c1)\C=C/CC(=O)O. The Morgan fingerprint density at radius 2 is 1.82 bits per heavy atom. The first-order valence-corrected chi connectivity index (χ1v) is 10.9. The molecular formula is C27H21NO5S. The molecule has 0 amide bonds. The van der Waals surface area contributed by atoms with Crippen LogP contribution in [-0.2, 0) is 9.59 Å². The molecule has 2 aromatic rings. The van der Waals surface area contributed by atoms with Gasteiger partial charge in [-0.3, -0.25) is 19.7 Å². The Balaban J connectivity index is 2.30. The van der Waals surface area contributed by atoms with Crippen molar-refractivity contribution in [3.8, 4) is 23.7 Å². The number of carboxylic acid groups (broad SMARTS) is 1. The van der Waals surface area contributed by atoms with Gasteiger partial charge in [-0.2, -0.15) is 0 Å². The highest BCUT2D eigenvalue weighted by molar-refractivity contribution is 8.13. The molecule has 0 aliphatic rings. The van der Waals surface area contributed by atoms with Crippen molar-refractivity contribution in [3.63, 3.8) is 0 Å². The normalized spacial score (nSPS) is 10.6. The fourth-order valence-electron chi connectivity index (χ4n) is 2.58. The topological polar surface area (TPSA) is 97.5 Å². The summed E-state index contributed by atoms with van der Waals surface area (Å²) in [5.74, 6) is 10.6. The van der Waals surface area contributed by atoms with Gasteiger partial charge < -0.3 is 5.11 Å². The fourth-order valence-corrected chi connectivity index (χ4v) is 3.18. The van der Waals surface area contributed by atoms with Crippen molar-refractivity contribution in [1.29, 1.82) is 0 Å². The summed E-state index contributed by atoms with van der Waals surface area (Å²) in [7, 11) is 0. The maximum Gasteiger partial charge on any atom is 0.307 e. The Kier molecular flexibility index (Phi) is 10.1. The number of carbonyl (C=O) groups excluding carboxylic acids is 1. The Bertz CT molecular complexity index is 1280. The quantitative estimate of drug-likeness (QED) is 0.143. The fraction of sp³-hybridized carbons (Fsp3) is 0.111. The van der Waals surface area contributed by atoms with Gasteiger partial charge in [-0.05, 0) is 42.8 Å². The maximum absolute atomic E-state index is 11.6. The Morgan fingerprint density at radius 3 is 2.44 bits per heavy atom. The number of nitrogens with zero attached hydrogens (tertiary/aromatic N) is 1. The van der Waals surface area contributed by atoms with Crippen LogP contribution in [0.5, 0.6) is 0 Å². The lowest BCUT2D eigenvalue weighted by Crippen LogP contribution is -1.93. The number of hydrogen-bond donors (Lipinski definition) is 1. The van der Waals surface area contributed by atoms with E-state index < -0.39 is 10.9 Å². The van der Waals surface area contributed by atoms with Crippen LogP contribution in [0.3, 0.4) is 0 Å². The van der Waals surface area contributed by atoms with Crippen molar-refractivity contribution in [3.05, 3.63) is 106 Å². The van der Waals surface area contributed by atoms with Gasteiger partial charge in [0.1, 0.15) is 5.56 Å². The molecular weight excluding hydrogens is 450 g/mol. The van der Waals surface area contributed by atoms with Crippen LogP contribution in [0.4, 0.5) is 5.69 Å². The maximum atomic E-state index is 11.6. The predicted octanol–water partition coefficient (Wildman–Crippen LogP) is 5.52. The average molecular weight is 472 g/mol. The van der Waals surface area contributed by atoms with E-state index in [1.807, 2.05) is 0 Å². The largest absolute Gasteiger partial charge is 0.481 e. The number of allylic oxidation sites excluding steroid dienone is 4. The lowest BCUT2D eigenvalue weighted by atomic mass is 10.1. The third kappa shape index (κ3) is 9.04. The molecule has 2 rings (SSSR count). The summed E-state index contributed by atoms with van der Waals surface area (Å²) in [5.41, 5.74) is 1.76. The minimum Gasteiger partial charge on any atom is -0.481 e. The lowest BCUT2D eigenvalue weighted by molar-refractivity contribution is -0.385. The first-order chi connectivity index (χ1) is 16.3. The van der Waals surface area contributed by atoms with Gasteiger partial charge in [-0.25, -0.2) is 0 Å². The molecule has 0 aliphatic heterocycles. The first kappa shape index (κ1) is 25.9. The van der Waals surface area contributed by atoms with Crippen molar-refractivity contribution < 1.29 is 19.6 Å². The van der Waals surface area contributed by atoms with Crippen LogP contribution in [0.25, 0.3) is 0 Å². The highest BCUT2D eigenvalue weighted by Crippen LogP contribution is 2.21. The molecule has 0 saturated heterocycles. The summed E-state index contributed by atoms with van der Waals surface area (Å²) < 4.78 is 0. The standard InChI is InChI=1S/C27H21NO5S/c1-3-4-6-21(7-5-8-27(30)31)9-10-23-12-16-24(26(19-23)28(32)33)15-11-22-13-17-25(18-14-22)34-20(2)29/h3,5-7,12-14,16-19H,1,4,8H2,2H3,(H,30,31)/b7-5-,21-6+. The number of nitro groups is 1. The molecule has 0 fully saturated rings. The van der Waals surface area contributed by atoms with Gasteiger partial charge in [0.2, 0.25) is 0 Å². The molecule has 0 aliphatic carbocycles. The van der Waals surface area contributed by atoms with Crippen LogP contribution in [0.15, 0.2) is 83.8 Å². The van der Waals surface area contributed by atoms with Gasteiger partial charge in [0.15, 0.2) is 5.12 Å². The number of carbonyl (C=O) groups is 2. The van der Waals surface area contributed by atoms with Gasteiger partial charge in [-0.1, -0.05) is 59.7 Å². The third-order valence-electron chi connectivity index (χ3n) is 4.10. The second-order valence-electron chi connectivity index (χ2n) is 6.79. The van der Waals surface area contributed by atoms with E-state index in [1.165, 1.54) is 19.1 Å². The smallest absolute Gasteiger partial charge is 0.307 e. The first-order valence-electron chi connectivity index (χ1n) is 10.1. The third-order valence-corrected chi connectivity index (χ3v) is 4.89. The van der Waals surface area contributed by atoms with E-state index in [0.29, 0.717) is 23.1 Å². The highest BCUT2D eigenvalue weighted by Gasteiger charge is 2.12. The highest BCUT2D eigenvalue weighted by atomic mass is 32.2. The second-order valence-corrected chi connectivity index (χ2v) is 8.04. The van der Waals surface area contributed by atoms with Gasteiger partial charge in [0.25, 0.3) is 5.69 Å². The van der Waals surface area contributed by atoms with Crippen LogP contribution in [0.1, 0.15) is 36.5 Å². The second kappa shape index (κ2) is 13.3. The van der Waals surface area contributed by atoms with Crippen LogP contribution in [-0.4, -0.2) is 21.1 Å². The molecule has 0 aromatic heterocycles. The Labute approximate surface area is 202 Å². The zero-order valence-corrected chi connectivity index (χ0v) is 19.2. The summed E-state index contributed by atoms with van der Waals surface area (Å²) in [4.78, 5) is 33.7. The molecule has 0 saturated carbocycles. The van der Waals surface area contributed by atoms with Gasteiger partial charge >= 0.3 is 5.97 Å². The van der Waals surface area contributed by atoms with Crippen molar-refractivity contribution in [2.45, 2.75) is 24.7 Å². The van der Waals surface area contributed by atoms with Crippen LogP contribution < -0.4 is 0 Å². The van der Waals surface area contributed by atoms with Gasteiger partial charge in [0.05, 0.1) is 11.3 Å². The summed E-state index contributed by atoms with van der Waals surface area (Å²) in [6.45, 7) is 5.13. The molecule has 0 radical (unpaired) electrons. The molecule has 0 unspecified atom stereocenters. The summed E-state index contributed by atoms with van der Waals surface area (Å²) in [6, 6.07) is 11.6. The van der Waals surface area contributed by atoms with E-state index in [2.05, 4.69) is 30.3 Å². The van der Waals surface area contributed by atoms with E-state index in [1.54, 1.807) is 54.6 Å². The van der Waals surface area contributed by atoms with Crippen molar-refractivity contribution in [2.75, 3.05) is 0 Å². The molecule has 170 valence electrons. The summed E-state index contributed by atoms with van der Waals surface area (Å²) >= 11 is 1.12. The monoisotopic (exact) mass is 471 g/mol. The Morgan fingerprint density at radius 1 is 1.12 bits per heavy atom. The van der Waals surface area contributed by atoms with Crippen molar-refractivity contribution >= 4 is 28.5 Å². The summed E-state index contributed by atoms with van der Waals surface area (Å²) in [6.07, 6.45) is 6.96. The predicted molar refractivity (Wildman–Crippen MR) is 133 cm³/mol. The lowest BCUT2D eigenvalue weighted by Gasteiger charge is -1.98. The number of hydrogen-bond acceptors (Lipinski definition) is 5. The zero-order valence-electron chi connectivity index (χ0n) is 18.4. The zero-order chi connectivity index (χ0) is 24.9. The van der Waals surface area contributed by atoms with E-state index in [-0.39, 0.29) is 22.8 Å². The number of aliphatic carboxylic acids is 1. The van der Waals surface area contributed by atoms with Crippen LogP contribution in [0.2, 0.25) is 0 Å². The molecule has 7 heteroatoms. The number of nitro benzene ring substituents is 1. The number of benzene rings is 2. The van der Waals surface area contributed by atoms with Crippen molar-refractivity contribution in [2.24, 2.45) is 0 Å². The Hall–Kier alpha value is -4.33. The van der Waals surface area contributed by atoms with Crippen molar-refractivity contribution in [1.82, 2.24) is 0 Å². The minimum atomic E-state index is -0.953. The van der Waals surface area contributed by atoms with E-state index in [9.17, 15) is 19.7 Å². The van der Waals surface area contributed by atoms with Crippen LogP contribution in [0, 0.1) is 33.8 Å². The molecule has 0 atom stereocenters. The van der Waals surface area contributed by atoms with Gasteiger partial charge in [0, 0.05) is 34.6 Å². The average Bonchev–Trinajstić information content (AvgIpc) is 2.79. The number of carboxylic acids is 1. The van der Waals surface area contributed by atoms with Crippen LogP contribution >= 0.6 is 11.8 Å². The minimum absolute atomic E-state index is 0.0164.